The number of hydrogen-bond acceptors (Lipinski definition) is 3. The van der Waals surface area contributed by atoms with Crippen molar-refractivity contribution in [1.29, 1.82) is 0 Å². The molecule has 4 nitrogen and oxygen atoms in total. The summed E-state index contributed by atoms with van der Waals surface area (Å²) in [5, 5.41) is 1.98. The average Bonchev–Trinajstić information content (AvgIpc) is 3.25. The van der Waals surface area contributed by atoms with Gasteiger partial charge in [-0.3, -0.25) is 9.59 Å². The highest BCUT2D eigenvalue weighted by molar-refractivity contribution is 7.10. The zero-order valence-electron chi connectivity index (χ0n) is 20.0. The summed E-state index contributed by atoms with van der Waals surface area (Å²) in [5.41, 5.74) is 1.37. The molecule has 0 unspecified atom stereocenters. The van der Waals surface area contributed by atoms with E-state index in [1.165, 1.54) is 17.0 Å². The molecule has 186 valence electrons. The minimum atomic E-state index is -4.48. The predicted molar refractivity (Wildman–Crippen MR) is 132 cm³/mol. The molecule has 0 aliphatic carbocycles. The number of halogens is 3. The van der Waals surface area contributed by atoms with Crippen molar-refractivity contribution in [3.63, 3.8) is 0 Å². The Morgan fingerprint density at radius 2 is 1.63 bits per heavy atom. The maximum absolute atomic E-state index is 13.5. The van der Waals surface area contributed by atoms with Gasteiger partial charge in [0.25, 0.3) is 5.91 Å². The van der Waals surface area contributed by atoms with Crippen LogP contribution in [-0.4, -0.2) is 34.2 Å². The molecule has 1 aromatic heterocycles. The number of benzene rings is 2. The third kappa shape index (κ3) is 6.94. The number of aryl methyl sites for hydroxylation is 1. The Balaban J connectivity index is 1.84. The predicted octanol–water partition coefficient (Wildman–Crippen LogP) is 6.55. The fourth-order valence-corrected chi connectivity index (χ4v) is 4.56. The molecule has 0 spiro atoms. The van der Waals surface area contributed by atoms with Gasteiger partial charge in [-0.15, -0.1) is 11.3 Å². The van der Waals surface area contributed by atoms with Crippen LogP contribution in [0.4, 0.5) is 13.2 Å². The lowest BCUT2D eigenvalue weighted by molar-refractivity contribution is -0.137. The summed E-state index contributed by atoms with van der Waals surface area (Å²) in [6.07, 6.45) is -3.88. The van der Waals surface area contributed by atoms with E-state index >= 15 is 0 Å². The number of carbonyl (C=O) groups excluding carboxylic acids is 2. The van der Waals surface area contributed by atoms with Crippen LogP contribution in [0.2, 0.25) is 0 Å². The first-order valence-electron chi connectivity index (χ1n) is 11.4. The highest BCUT2D eigenvalue weighted by Crippen LogP contribution is 2.29. The van der Waals surface area contributed by atoms with Gasteiger partial charge >= 0.3 is 6.18 Å². The maximum atomic E-state index is 13.5. The van der Waals surface area contributed by atoms with Gasteiger partial charge in [0, 0.05) is 23.0 Å². The summed E-state index contributed by atoms with van der Waals surface area (Å²) < 4.78 is 38.8. The molecule has 1 heterocycles. The third-order valence-electron chi connectivity index (χ3n) is 6.02. The zero-order valence-corrected chi connectivity index (χ0v) is 20.8. The number of alkyl halides is 3. The molecular formula is C27H29F3N2O2S. The molecule has 3 rings (SSSR count). The smallest absolute Gasteiger partial charge is 0.332 e. The monoisotopic (exact) mass is 502 g/mol. The van der Waals surface area contributed by atoms with Crippen molar-refractivity contribution in [3.8, 4) is 0 Å². The summed E-state index contributed by atoms with van der Waals surface area (Å²) in [6.45, 7) is 6.38. The largest absolute Gasteiger partial charge is 0.416 e. The van der Waals surface area contributed by atoms with Crippen LogP contribution in [0.15, 0.2) is 66.0 Å². The Labute approximate surface area is 208 Å². The molecule has 3 aromatic rings. The second kappa shape index (κ2) is 11.5. The van der Waals surface area contributed by atoms with Crippen molar-refractivity contribution in [2.24, 2.45) is 0 Å². The molecule has 0 fully saturated rings. The van der Waals surface area contributed by atoms with Crippen LogP contribution >= 0.6 is 11.3 Å². The summed E-state index contributed by atoms with van der Waals surface area (Å²) in [5.74, 6) is -0.685. The van der Waals surface area contributed by atoms with Crippen LogP contribution in [0.1, 0.15) is 52.2 Å². The zero-order chi connectivity index (χ0) is 25.6. The highest BCUT2D eigenvalue weighted by atomic mass is 32.1. The van der Waals surface area contributed by atoms with Crippen LogP contribution in [0, 0.1) is 6.92 Å². The molecule has 0 bridgehead atoms. The van der Waals surface area contributed by atoms with Crippen molar-refractivity contribution in [1.82, 2.24) is 9.80 Å². The molecule has 0 aliphatic heterocycles. The molecule has 8 heteroatoms. The fraction of sp³-hybridized carbons (Fsp3) is 0.333. The maximum Gasteiger partial charge on any atom is 0.416 e. The van der Waals surface area contributed by atoms with Crippen molar-refractivity contribution < 1.29 is 22.8 Å². The minimum Gasteiger partial charge on any atom is -0.332 e. The van der Waals surface area contributed by atoms with E-state index in [1.54, 1.807) is 16.2 Å². The summed E-state index contributed by atoms with van der Waals surface area (Å²) in [4.78, 5) is 31.0. The lowest BCUT2D eigenvalue weighted by Crippen LogP contribution is -2.46. The quantitative estimate of drug-likeness (QED) is 0.333. The molecule has 0 saturated heterocycles. The Hall–Kier alpha value is -3.13. The van der Waals surface area contributed by atoms with E-state index < -0.39 is 17.6 Å². The average molecular weight is 503 g/mol. The first-order valence-corrected chi connectivity index (χ1v) is 12.3. The summed E-state index contributed by atoms with van der Waals surface area (Å²) >= 11 is 1.58. The SMILES string of the molecule is CC[C@@H](C)N(CC(=O)N(Cc1ccccc1)Cc1sccc1C)C(=O)c1ccc(C(F)(F)F)cc1. The van der Waals surface area contributed by atoms with E-state index in [9.17, 15) is 22.8 Å². The van der Waals surface area contributed by atoms with Crippen molar-refractivity contribution in [3.05, 3.63) is 93.2 Å². The van der Waals surface area contributed by atoms with Gasteiger partial charge in [-0.1, -0.05) is 37.3 Å². The van der Waals surface area contributed by atoms with Crippen molar-refractivity contribution >= 4 is 23.2 Å². The van der Waals surface area contributed by atoms with Gasteiger partial charge in [0.15, 0.2) is 0 Å². The molecule has 0 saturated carbocycles. The van der Waals surface area contributed by atoms with E-state index in [0.29, 0.717) is 19.5 Å². The number of thiophene rings is 1. The normalized spacial score (nSPS) is 12.3. The van der Waals surface area contributed by atoms with Gasteiger partial charge in [-0.2, -0.15) is 13.2 Å². The molecule has 2 amide bonds. The summed E-state index contributed by atoms with van der Waals surface area (Å²) in [7, 11) is 0. The van der Waals surface area contributed by atoms with Crippen LogP contribution in [0.5, 0.6) is 0 Å². The molecular weight excluding hydrogens is 473 g/mol. The van der Waals surface area contributed by atoms with Gasteiger partial charge in [0.2, 0.25) is 5.91 Å². The van der Waals surface area contributed by atoms with Gasteiger partial charge in [0.05, 0.1) is 12.1 Å². The van der Waals surface area contributed by atoms with Gasteiger partial charge in [-0.25, -0.2) is 0 Å². The van der Waals surface area contributed by atoms with E-state index in [2.05, 4.69) is 0 Å². The van der Waals surface area contributed by atoms with E-state index in [1.807, 2.05) is 62.5 Å². The minimum absolute atomic E-state index is 0.120. The first-order chi connectivity index (χ1) is 16.6. The molecule has 0 aliphatic rings. The molecule has 1 atom stereocenters. The highest BCUT2D eigenvalue weighted by Gasteiger charge is 2.31. The van der Waals surface area contributed by atoms with Gasteiger partial charge in [-0.05, 0) is 67.1 Å². The molecule has 0 N–H and O–H groups in total. The van der Waals surface area contributed by atoms with Crippen molar-refractivity contribution in [2.45, 2.75) is 52.5 Å². The van der Waals surface area contributed by atoms with Gasteiger partial charge < -0.3 is 9.80 Å². The number of carbonyl (C=O) groups is 2. The Morgan fingerprint density at radius 3 is 2.17 bits per heavy atom. The topological polar surface area (TPSA) is 40.6 Å². The fourth-order valence-electron chi connectivity index (χ4n) is 3.64. The second-order valence-electron chi connectivity index (χ2n) is 8.53. The standard InChI is InChI=1S/C27H29F3N2O2S/c1-4-20(3)32(26(34)22-10-12-23(13-11-22)27(28,29)30)18-25(33)31(16-21-8-6-5-7-9-21)17-24-19(2)14-15-35-24/h5-15,20H,4,16-18H2,1-3H3/t20-/m1/s1. The number of rotatable bonds is 9. The van der Waals surface area contributed by atoms with Crippen LogP contribution in [0.3, 0.4) is 0 Å². The Bertz CT molecular complexity index is 1130. The number of hydrogen-bond donors (Lipinski definition) is 0. The van der Waals surface area contributed by atoms with Crippen LogP contribution < -0.4 is 0 Å². The lowest BCUT2D eigenvalue weighted by Gasteiger charge is -2.31. The van der Waals surface area contributed by atoms with E-state index in [4.69, 9.17) is 0 Å². The van der Waals surface area contributed by atoms with Crippen LogP contribution in [-0.2, 0) is 24.1 Å². The summed E-state index contributed by atoms with van der Waals surface area (Å²) in [6, 6.07) is 15.5. The van der Waals surface area contributed by atoms with E-state index in [-0.39, 0.29) is 24.1 Å². The van der Waals surface area contributed by atoms with Crippen molar-refractivity contribution in [2.75, 3.05) is 6.54 Å². The van der Waals surface area contributed by atoms with Crippen LogP contribution in [0.25, 0.3) is 0 Å². The number of nitrogens with zero attached hydrogens (tertiary/aromatic N) is 2. The second-order valence-corrected chi connectivity index (χ2v) is 9.53. The van der Waals surface area contributed by atoms with E-state index in [0.717, 1.165) is 28.1 Å². The Kier molecular flexibility index (Phi) is 8.72. The molecule has 35 heavy (non-hydrogen) atoms. The van der Waals surface area contributed by atoms with Gasteiger partial charge in [0.1, 0.15) is 6.54 Å². The number of amides is 2. The Morgan fingerprint density at radius 1 is 0.971 bits per heavy atom. The third-order valence-corrected chi connectivity index (χ3v) is 7.03. The molecule has 0 radical (unpaired) electrons. The molecule has 2 aromatic carbocycles. The first kappa shape index (κ1) is 26.5. The lowest BCUT2D eigenvalue weighted by atomic mass is 10.1.